The van der Waals surface area contributed by atoms with Crippen molar-refractivity contribution >= 4 is 21.6 Å². The van der Waals surface area contributed by atoms with Gasteiger partial charge in [0.2, 0.25) is 0 Å². The molecule has 26 heavy (non-hydrogen) atoms. The molecule has 1 unspecified atom stereocenters. The smallest absolute Gasteiger partial charge is 0.383 e. The van der Waals surface area contributed by atoms with Crippen molar-refractivity contribution in [2.45, 2.75) is 43.8 Å². The van der Waals surface area contributed by atoms with Gasteiger partial charge in [-0.3, -0.25) is 9.52 Å². The van der Waals surface area contributed by atoms with Crippen LogP contribution in [0.5, 0.6) is 0 Å². The van der Waals surface area contributed by atoms with Crippen LogP contribution in [0.1, 0.15) is 31.2 Å². The van der Waals surface area contributed by atoms with E-state index in [-0.39, 0.29) is 23.2 Å². The molecule has 1 heterocycles. The third-order valence-electron chi connectivity index (χ3n) is 5.28. The number of carbonyl (C=O) groups is 1. The predicted molar refractivity (Wildman–Crippen MR) is 87.4 cm³/mol. The average molecular weight is 392 g/mol. The SMILES string of the molecule is O=C1C(O)C2(CCC2)CCN1Cc1ccccc1NS(=O)(=O)C(F)(F)F. The highest BCUT2D eigenvalue weighted by molar-refractivity contribution is 7.93. The number of aliphatic hydroxyl groups excluding tert-OH is 1. The van der Waals surface area contributed by atoms with Crippen LogP contribution in [0.25, 0.3) is 0 Å². The molecule has 3 rings (SSSR count). The summed E-state index contributed by atoms with van der Waals surface area (Å²) < 4.78 is 62.1. The summed E-state index contributed by atoms with van der Waals surface area (Å²) in [5, 5.41) is 10.3. The van der Waals surface area contributed by atoms with Crippen LogP contribution in [0.4, 0.5) is 18.9 Å². The molecular weight excluding hydrogens is 373 g/mol. The zero-order valence-electron chi connectivity index (χ0n) is 13.8. The summed E-state index contributed by atoms with van der Waals surface area (Å²) in [6.45, 7) is 0.290. The van der Waals surface area contributed by atoms with Gasteiger partial charge >= 0.3 is 15.5 Å². The number of alkyl halides is 3. The number of nitrogens with one attached hydrogen (secondary N) is 1. The Labute approximate surface area is 149 Å². The number of likely N-dealkylation sites (tertiary alicyclic amines) is 1. The summed E-state index contributed by atoms with van der Waals surface area (Å²) in [4.78, 5) is 13.8. The zero-order valence-corrected chi connectivity index (χ0v) is 14.6. The van der Waals surface area contributed by atoms with Gasteiger partial charge in [-0.25, -0.2) is 0 Å². The first-order valence-corrected chi connectivity index (χ1v) is 9.68. The lowest BCUT2D eigenvalue weighted by Gasteiger charge is -2.50. The largest absolute Gasteiger partial charge is 0.516 e. The maximum atomic E-state index is 12.6. The van der Waals surface area contributed by atoms with Crippen molar-refractivity contribution in [2.24, 2.45) is 5.41 Å². The molecule has 0 bridgehead atoms. The number of hydrogen-bond acceptors (Lipinski definition) is 4. The molecule has 1 aromatic carbocycles. The van der Waals surface area contributed by atoms with Gasteiger partial charge in [0.05, 0.1) is 5.69 Å². The molecule has 1 amide bonds. The number of carbonyl (C=O) groups excluding carboxylic acids is 1. The van der Waals surface area contributed by atoms with Crippen LogP contribution in [-0.2, 0) is 21.4 Å². The molecule has 2 N–H and O–H groups in total. The highest BCUT2D eigenvalue weighted by atomic mass is 32.2. The lowest BCUT2D eigenvalue weighted by molar-refractivity contribution is -0.164. The molecule has 1 aliphatic carbocycles. The number of halogens is 3. The predicted octanol–water partition coefficient (Wildman–Crippen LogP) is 2.21. The van der Waals surface area contributed by atoms with Gasteiger partial charge in [0.25, 0.3) is 5.91 Å². The normalized spacial score (nSPS) is 23.0. The number of piperidine rings is 1. The van der Waals surface area contributed by atoms with Crippen molar-refractivity contribution in [1.29, 1.82) is 0 Å². The van der Waals surface area contributed by atoms with Crippen LogP contribution in [0.2, 0.25) is 0 Å². The topological polar surface area (TPSA) is 86.7 Å². The van der Waals surface area contributed by atoms with E-state index in [1.165, 1.54) is 27.8 Å². The van der Waals surface area contributed by atoms with E-state index >= 15 is 0 Å². The number of rotatable bonds is 4. The number of aliphatic hydroxyl groups is 1. The van der Waals surface area contributed by atoms with E-state index in [4.69, 9.17) is 0 Å². The molecule has 10 heteroatoms. The van der Waals surface area contributed by atoms with Crippen LogP contribution in [0.15, 0.2) is 24.3 Å². The Morgan fingerprint density at radius 1 is 1.23 bits per heavy atom. The second-order valence-corrected chi connectivity index (χ2v) is 8.51. The number of hydrogen-bond donors (Lipinski definition) is 2. The Hall–Kier alpha value is -1.81. The lowest BCUT2D eigenvalue weighted by Crippen LogP contribution is -2.57. The summed E-state index contributed by atoms with van der Waals surface area (Å²) in [6.07, 6.45) is 2.04. The zero-order chi connectivity index (χ0) is 19.2. The van der Waals surface area contributed by atoms with Gasteiger partial charge in [0, 0.05) is 18.5 Å². The molecule has 6 nitrogen and oxygen atoms in total. The van der Waals surface area contributed by atoms with Crippen LogP contribution < -0.4 is 4.72 Å². The van der Waals surface area contributed by atoms with E-state index in [1.807, 2.05) is 0 Å². The van der Waals surface area contributed by atoms with Gasteiger partial charge in [0.1, 0.15) is 6.10 Å². The van der Waals surface area contributed by atoms with Crippen LogP contribution in [0, 0.1) is 5.41 Å². The number of sulfonamides is 1. The fourth-order valence-electron chi connectivity index (χ4n) is 3.52. The van der Waals surface area contributed by atoms with E-state index < -0.39 is 27.5 Å². The molecule has 1 atom stereocenters. The summed E-state index contributed by atoms with van der Waals surface area (Å²) in [5.41, 5.74) is -5.82. The van der Waals surface area contributed by atoms with Crippen molar-refractivity contribution in [3.63, 3.8) is 0 Å². The quantitative estimate of drug-likeness (QED) is 0.823. The van der Waals surface area contributed by atoms with Gasteiger partial charge in [-0.15, -0.1) is 0 Å². The van der Waals surface area contributed by atoms with Gasteiger partial charge in [-0.1, -0.05) is 24.6 Å². The maximum absolute atomic E-state index is 12.6. The van der Waals surface area contributed by atoms with Crippen LogP contribution in [-0.4, -0.2) is 42.5 Å². The minimum Gasteiger partial charge on any atom is -0.383 e. The van der Waals surface area contributed by atoms with Crippen LogP contribution >= 0.6 is 0 Å². The van der Waals surface area contributed by atoms with E-state index in [0.29, 0.717) is 13.0 Å². The van der Waals surface area contributed by atoms with Crippen molar-refractivity contribution < 1.29 is 31.5 Å². The number of para-hydroxylation sites is 1. The molecule has 0 aromatic heterocycles. The van der Waals surface area contributed by atoms with Gasteiger partial charge < -0.3 is 10.0 Å². The molecule has 1 aliphatic heterocycles. The summed E-state index contributed by atoms with van der Waals surface area (Å²) in [7, 11) is -5.55. The Bertz CT molecular complexity index is 806. The molecule has 144 valence electrons. The lowest BCUT2D eigenvalue weighted by atomic mass is 9.61. The molecule has 2 fully saturated rings. The molecule has 1 saturated carbocycles. The number of nitrogens with zero attached hydrogens (tertiary/aromatic N) is 1. The average Bonchev–Trinajstić information content (AvgIpc) is 2.51. The number of anilines is 1. The van der Waals surface area contributed by atoms with E-state index in [0.717, 1.165) is 19.3 Å². The molecule has 1 aromatic rings. The minimum absolute atomic E-state index is 0.0808. The van der Waals surface area contributed by atoms with Crippen molar-refractivity contribution in [3.8, 4) is 0 Å². The van der Waals surface area contributed by atoms with Crippen molar-refractivity contribution in [3.05, 3.63) is 29.8 Å². The summed E-state index contributed by atoms with van der Waals surface area (Å²) in [6, 6.07) is 5.59. The first-order chi connectivity index (χ1) is 12.1. The summed E-state index contributed by atoms with van der Waals surface area (Å²) >= 11 is 0. The number of amides is 1. The van der Waals surface area contributed by atoms with E-state index in [1.54, 1.807) is 6.07 Å². The fraction of sp³-hybridized carbons (Fsp3) is 0.562. The summed E-state index contributed by atoms with van der Waals surface area (Å²) in [5.74, 6) is -0.468. The molecule has 2 aliphatic rings. The third-order valence-corrected chi connectivity index (χ3v) is 6.38. The van der Waals surface area contributed by atoms with Gasteiger partial charge in [0.15, 0.2) is 0 Å². The Morgan fingerprint density at radius 2 is 1.88 bits per heavy atom. The Balaban J connectivity index is 1.78. The van der Waals surface area contributed by atoms with Crippen molar-refractivity contribution in [2.75, 3.05) is 11.3 Å². The fourth-order valence-corrected chi connectivity index (χ4v) is 4.12. The second-order valence-electron chi connectivity index (χ2n) is 6.84. The molecule has 0 radical (unpaired) electrons. The first-order valence-electron chi connectivity index (χ1n) is 8.20. The first kappa shape index (κ1) is 19.0. The molecule has 1 spiro atoms. The Morgan fingerprint density at radius 3 is 2.46 bits per heavy atom. The van der Waals surface area contributed by atoms with E-state index in [9.17, 15) is 31.5 Å². The second kappa shape index (κ2) is 6.41. The maximum Gasteiger partial charge on any atom is 0.516 e. The van der Waals surface area contributed by atoms with Gasteiger partial charge in [-0.05, 0) is 30.9 Å². The standard InChI is InChI=1S/C16H19F3N2O4S/c17-16(18,19)26(24,25)20-12-5-2-1-4-11(12)10-21-9-8-15(6-3-7-15)13(22)14(21)23/h1-2,4-5,13,20,22H,3,6-10H2. The highest BCUT2D eigenvalue weighted by Gasteiger charge is 2.51. The van der Waals surface area contributed by atoms with Crippen molar-refractivity contribution in [1.82, 2.24) is 4.90 Å². The third kappa shape index (κ3) is 3.27. The Kier molecular flexibility index (Phi) is 4.68. The van der Waals surface area contributed by atoms with Gasteiger partial charge in [-0.2, -0.15) is 21.6 Å². The molecule has 1 saturated heterocycles. The number of benzene rings is 1. The highest BCUT2D eigenvalue weighted by Crippen LogP contribution is 2.49. The minimum atomic E-state index is -5.55. The molecular formula is C16H19F3N2O4S. The van der Waals surface area contributed by atoms with Crippen LogP contribution in [0.3, 0.4) is 0 Å². The van der Waals surface area contributed by atoms with E-state index in [2.05, 4.69) is 0 Å². The monoisotopic (exact) mass is 392 g/mol.